The molecule has 1 atom stereocenters. The van der Waals surface area contributed by atoms with Crippen molar-refractivity contribution in [2.24, 2.45) is 0 Å². The van der Waals surface area contributed by atoms with Crippen LogP contribution in [0.5, 0.6) is 5.88 Å². The molecule has 8 nitrogen and oxygen atoms in total. The highest BCUT2D eigenvalue weighted by atomic mass is 16.5. The second-order valence-electron chi connectivity index (χ2n) is 7.53. The van der Waals surface area contributed by atoms with Crippen LogP contribution in [0.15, 0.2) is 35.0 Å². The van der Waals surface area contributed by atoms with Crippen LogP contribution in [0.4, 0.5) is 5.69 Å². The van der Waals surface area contributed by atoms with Crippen molar-refractivity contribution in [2.75, 3.05) is 11.9 Å². The summed E-state index contributed by atoms with van der Waals surface area (Å²) in [6.07, 6.45) is 4.44. The van der Waals surface area contributed by atoms with Crippen molar-refractivity contribution in [1.29, 1.82) is 0 Å². The molecule has 0 saturated heterocycles. The lowest BCUT2D eigenvalue weighted by atomic mass is 10.1. The Hall–Kier alpha value is -3.42. The van der Waals surface area contributed by atoms with Gasteiger partial charge in [0.25, 0.3) is 0 Å². The summed E-state index contributed by atoms with van der Waals surface area (Å²) < 4.78 is 13.5. The highest BCUT2D eigenvalue weighted by Gasteiger charge is 2.20. The van der Waals surface area contributed by atoms with Gasteiger partial charge in [-0.3, -0.25) is 4.68 Å². The first-order chi connectivity index (χ1) is 15.0. The van der Waals surface area contributed by atoms with E-state index in [0.717, 1.165) is 45.9 Å². The zero-order valence-corrected chi connectivity index (χ0v) is 18.6. The highest BCUT2D eigenvalue weighted by molar-refractivity contribution is 5.93. The number of nitrogens with zero attached hydrogens (tertiary/aromatic N) is 5. The van der Waals surface area contributed by atoms with Gasteiger partial charge >= 0.3 is 0 Å². The Bertz CT molecular complexity index is 1200. The van der Waals surface area contributed by atoms with E-state index >= 15 is 0 Å². The van der Waals surface area contributed by atoms with Crippen LogP contribution >= 0.6 is 0 Å². The SMILES string of the molecule is CCOc1ncccc1-c1cc(NCc2cnc(C)o2)c2c(n1)c(C)nn2[C@@H](C)CC. The maximum absolute atomic E-state index is 5.75. The molecule has 1 N–H and O–H groups in total. The van der Waals surface area contributed by atoms with Crippen LogP contribution in [0, 0.1) is 13.8 Å². The molecule has 162 valence electrons. The van der Waals surface area contributed by atoms with E-state index in [1.54, 1.807) is 12.4 Å². The van der Waals surface area contributed by atoms with Gasteiger partial charge in [0.05, 0.1) is 42.0 Å². The molecule has 0 unspecified atom stereocenters. The number of oxazole rings is 1. The van der Waals surface area contributed by atoms with Crippen LogP contribution in [0.25, 0.3) is 22.3 Å². The monoisotopic (exact) mass is 420 g/mol. The third-order valence-electron chi connectivity index (χ3n) is 5.28. The van der Waals surface area contributed by atoms with E-state index in [1.165, 1.54) is 0 Å². The lowest BCUT2D eigenvalue weighted by molar-refractivity contribution is 0.328. The second kappa shape index (κ2) is 8.75. The summed E-state index contributed by atoms with van der Waals surface area (Å²) in [5.74, 6) is 1.99. The maximum Gasteiger partial charge on any atom is 0.222 e. The molecule has 0 fully saturated rings. The Kier molecular flexibility index (Phi) is 5.88. The van der Waals surface area contributed by atoms with Crippen molar-refractivity contribution < 1.29 is 9.15 Å². The van der Waals surface area contributed by atoms with E-state index in [-0.39, 0.29) is 6.04 Å². The summed E-state index contributed by atoms with van der Waals surface area (Å²) in [5, 5.41) is 8.32. The number of aryl methyl sites for hydroxylation is 2. The molecule has 0 amide bonds. The summed E-state index contributed by atoms with van der Waals surface area (Å²) in [6, 6.07) is 6.15. The van der Waals surface area contributed by atoms with Gasteiger partial charge in [0.2, 0.25) is 5.88 Å². The van der Waals surface area contributed by atoms with Crippen LogP contribution in [0.3, 0.4) is 0 Å². The minimum Gasteiger partial charge on any atom is -0.477 e. The Morgan fingerprint density at radius 1 is 1.23 bits per heavy atom. The molecular weight excluding hydrogens is 392 g/mol. The fourth-order valence-corrected chi connectivity index (χ4v) is 3.55. The minimum atomic E-state index is 0.245. The first-order valence-corrected chi connectivity index (χ1v) is 10.6. The molecule has 8 heteroatoms. The van der Waals surface area contributed by atoms with Crippen molar-refractivity contribution >= 4 is 16.7 Å². The van der Waals surface area contributed by atoms with Crippen molar-refractivity contribution in [3.05, 3.63) is 47.9 Å². The van der Waals surface area contributed by atoms with Crippen LogP contribution in [0.1, 0.15) is 50.6 Å². The van der Waals surface area contributed by atoms with Gasteiger partial charge in [0, 0.05) is 19.2 Å². The second-order valence-corrected chi connectivity index (χ2v) is 7.53. The molecule has 0 aliphatic heterocycles. The molecule has 4 heterocycles. The maximum atomic E-state index is 5.75. The third kappa shape index (κ3) is 4.10. The van der Waals surface area contributed by atoms with Crippen molar-refractivity contribution in [3.63, 3.8) is 0 Å². The van der Waals surface area contributed by atoms with Gasteiger partial charge in [-0.05, 0) is 45.4 Å². The number of pyridine rings is 2. The normalized spacial score (nSPS) is 12.3. The Morgan fingerprint density at radius 3 is 2.77 bits per heavy atom. The topological polar surface area (TPSA) is 90.9 Å². The summed E-state index contributed by atoms with van der Waals surface area (Å²) in [7, 11) is 0. The molecule has 0 saturated carbocycles. The lowest BCUT2D eigenvalue weighted by Gasteiger charge is -2.15. The quantitative estimate of drug-likeness (QED) is 0.425. The highest BCUT2D eigenvalue weighted by Crippen LogP contribution is 2.35. The molecule has 4 rings (SSSR count). The third-order valence-corrected chi connectivity index (χ3v) is 5.28. The smallest absolute Gasteiger partial charge is 0.222 e. The van der Waals surface area contributed by atoms with Crippen LogP contribution in [-0.2, 0) is 6.54 Å². The van der Waals surface area contributed by atoms with E-state index < -0.39 is 0 Å². The van der Waals surface area contributed by atoms with Crippen molar-refractivity contribution in [1.82, 2.24) is 24.7 Å². The fraction of sp³-hybridized carbons (Fsp3) is 0.391. The average Bonchev–Trinajstić information content (AvgIpc) is 3.35. The van der Waals surface area contributed by atoms with Crippen LogP contribution in [-0.4, -0.2) is 31.3 Å². The lowest BCUT2D eigenvalue weighted by Crippen LogP contribution is -2.09. The summed E-state index contributed by atoms with van der Waals surface area (Å²) in [6.45, 7) is 11.1. The molecular formula is C23H28N6O2. The number of anilines is 1. The van der Waals surface area contributed by atoms with Crippen molar-refractivity contribution in [2.45, 2.75) is 53.6 Å². The molecule has 0 spiro atoms. The molecule has 0 radical (unpaired) electrons. The van der Waals surface area contributed by atoms with Gasteiger partial charge in [-0.2, -0.15) is 5.10 Å². The standard InChI is InChI=1S/C23H28N6O2/c1-6-14(3)29-22-20(26-13-17-12-25-16(5)31-17)11-19(27-21(22)15(4)28-29)18-9-8-10-24-23(18)30-7-2/h8-12,14H,6-7,13H2,1-5H3,(H,26,27)/t14-/m0/s1. The summed E-state index contributed by atoms with van der Waals surface area (Å²) >= 11 is 0. The number of fused-ring (bicyclic) bond motifs is 1. The number of hydrogen-bond acceptors (Lipinski definition) is 7. The Morgan fingerprint density at radius 2 is 2.06 bits per heavy atom. The number of nitrogens with one attached hydrogen (secondary N) is 1. The van der Waals surface area contributed by atoms with Crippen LogP contribution in [0.2, 0.25) is 0 Å². The summed E-state index contributed by atoms with van der Waals surface area (Å²) in [4.78, 5) is 13.5. The van der Waals surface area contributed by atoms with Gasteiger partial charge in [0.1, 0.15) is 16.8 Å². The van der Waals surface area contributed by atoms with E-state index in [1.807, 2.05) is 39.0 Å². The number of aromatic nitrogens is 5. The van der Waals surface area contributed by atoms with E-state index in [9.17, 15) is 0 Å². The van der Waals surface area contributed by atoms with Crippen LogP contribution < -0.4 is 10.1 Å². The molecule has 0 aliphatic rings. The predicted octanol–water partition coefficient (Wildman–Crippen LogP) is 5.08. The molecule has 31 heavy (non-hydrogen) atoms. The first-order valence-electron chi connectivity index (χ1n) is 10.6. The van der Waals surface area contributed by atoms with Gasteiger partial charge in [0.15, 0.2) is 5.89 Å². The number of ether oxygens (including phenoxy) is 1. The molecule has 4 aromatic rings. The van der Waals surface area contributed by atoms with Crippen molar-refractivity contribution in [3.8, 4) is 17.1 Å². The fourth-order valence-electron chi connectivity index (χ4n) is 3.55. The molecule has 0 aromatic carbocycles. The molecule has 4 aromatic heterocycles. The predicted molar refractivity (Wildman–Crippen MR) is 120 cm³/mol. The van der Waals surface area contributed by atoms with E-state index in [4.69, 9.17) is 19.2 Å². The van der Waals surface area contributed by atoms with Gasteiger partial charge in [-0.1, -0.05) is 6.92 Å². The van der Waals surface area contributed by atoms with Gasteiger partial charge < -0.3 is 14.5 Å². The molecule has 0 bridgehead atoms. The average molecular weight is 421 g/mol. The zero-order chi connectivity index (χ0) is 22.0. The minimum absolute atomic E-state index is 0.245. The van der Waals surface area contributed by atoms with E-state index in [0.29, 0.717) is 24.9 Å². The molecule has 0 aliphatic carbocycles. The summed E-state index contributed by atoms with van der Waals surface area (Å²) in [5.41, 5.74) is 5.29. The zero-order valence-electron chi connectivity index (χ0n) is 18.6. The van der Waals surface area contributed by atoms with Gasteiger partial charge in [-0.25, -0.2) is 15.0 Å². The Labute approximate surface area is 181 Å². The van der Waals surface area contributed by atoms with E-state index in [2.05, 4.69) is 33.8 Å². The first kappa shape index (κ1) is 20.8. The largest absolute Gasteiger partial charge is 0.477 e. The number of hydrogen-bond donors (Lipinski definition) is 1. The van der Waals surface area contributed by atoms with Gasteiger partial charge in [-0.15, -0.1) is 0 Å². The Balaban J connectivity index is 1.87. The number of rotatable bonds is 8.